The van der Waals surface area contributed by atoms with Crippen LogP contribution in [0.2, 0.25) is 0 Å². The molecule has 0 aliphatic carbocycles. The van der Waals surface area contributed by atoms with Crippen molar-refractivity contribution in [2.45, 2.75) is 4.99 Å². The summed E-state index contributed by atoms with van der Waals surface area (Å²) in [4.78, 5) is 11.7. The molecule has 76 valence electrons. The lowest BCUT2D eigenvalue weighted by atomic mass is 10.1. The molecular weight excluding hydrogens is 218 g/mol. The average molecular weight is 224 g/mol. The lowest BCUT2D eigenvalue weighted by Crippen LogP contribution is -2.25. The molecule has 0 bridgehead atoms. The molecule has 3 N–H and O–H groups in total. The molecule has 0 spiro atoms. The highest BCUT2D eigenvalue weighted by atomic mass is 32.2. The molecule has 0 amide bonds. The fourth-order valence-electron chi connectivity index (χ4n) is 1.29. The van der Waals surface area contributed by atoms with Crippen molar-refractivity contribution in [3.05, 3.63) is 38.9 Å². The van der Waals surface area contributed by atoms with E-state index in [9.17, 15) is 10.1 Å². The zero-order valence-corrected chi connectivity index (χ0v) is 8.19. The summed E-state index contributed by atoms with van der Waals surface area (Å²) in [6.45, 7) is 0. The lowest BCUT2D eigenvalue weighted by Gasteiger charge is -1.99. The highest BCUT2D eigenvalue weighted by Gasteiger charge is 2.51. The van der Waals surface area contributed by atoms with E-state index in [1.807, 2.05) is 0 Å². The molecule has 0 aromatic heterocycles. The Morgan fingerprint density at radius 2 is 2.40 bits per heavy atom. The summed E-state index contributed by atoms with van der Waals surface area (Å²) in [6, 6.07) is 4.18. The number of diazo groups is 1. The first-order chi connectivity index (χ1) is 7.07. The SMILES string of the molecule is N#[N+]C1(N)SNc2ccc([N+](=O)[O-])cc21. The molecule has 7 nitrogen and oxygen atoms in total. The molecule has 0 fully saturated rings. The molecule has 1 aliphatic heterocycles. The van der Waals surface area contributed by atoms with Crippen LogP contribution in [0.5, 0.6) is 0 Å². The number of nitrogens with two attached hydrogens (primary N) is 1. The summed E-state index contributed by atoms with van der Waals surface area (Å²) in [7, 11) is 0. The Morgan fingerprint density at radius 1 is 1.67 bits per heavy atom. The molecule has 2 rings (SSSR count). The fraction of sp³-hybridized carbons (Fsp3) is 0.143. The molecule has 1 aromatic rings. The van der Waals surface area contributed by atoms with Gasteiger partial charge >= 0.3 is 4.99 Å². The van der Waals surface area contributed by atoms with Crippen molar-refractivity contribution in [3.63, 3.8) is 0 Å². The second kappa shape index (κ2) is 3.08. The topological polar surface area (TPSA) is 109 Å². The Labute approximate surface area is 88.6 Å². The van der Waals surface area contributed by atoms with E-state index in [1.165, 1.54) is 18.2 Å². The van der Waals surface area contributed by atoms with Gasteiger partial charge in [-0.1, -0.05) is 0 Å². The standard InChI is InChI=1S/C7H6N5O2S/c8-7(11-9)5-3-4(12(13)14)1-2-6(5)10-15-7/h1-3,10H,8H2/q+1. The van der Waals surface area contributed by atoms with Crippen LogP contribution in [0, 0.1) is 15.5 Å². The molecule has 8 heteroatoms. The fourth-order valence-corrected chi connectivity index (χ4v) is 2.06. The van der Waals surface area contributed by atoms with E-state index in [2.05, 4.69) is 9.70 Å². The number of nitro groups is 1. The zero-order valence-electron chi connectivity index (χ0n) is 7.38. The Hall–Kier alpha value is -1.85. The van der Waals surface area contributed by atoms with Crippen LogP contribution in [0.25, 0.3) is 4.98 Å². The van der Waals surface area contributed by atoms with Crippen LogP contribution in [0.3, 0.4) is 0 Å². The number of nitro benzene ring substituents is 1. The van der Waals surface area contributed by atoms with E-state index in [0.717, 1.165) is 11.9 Å². The second-order valence-electron chi connectivity index (χ2n) is 2.99. The first-order valence-corrected chi connectivity index (χ1v) is 4.76. The number of benzene rings is 1. The molecule has 1 aromatic carbocycles. The number of fused-ring (bicyclic) bond motifs is 1. The first kappa shape index (κ1) is 9.70. The van der Waals surface area contributed by atoms with Crippen LogP contribution in [0.1, 0.15) is 5.56 Å². The molecule has 1 atom stereocenters. The first-order valence-electron chi connectivity index (χ1n) is 3.95. The smallest absolute Gasteiger partial charge is 0.321 e. The normalized spacial score (nSPS) is 22.7. The van der Waals surface area contributed by atoms with Crippen LogP contribution >= 0.6 is 11.9 Å². The van der Waals surface area contributed by atoms with Crippen molar-refractivity contribution in [3.8, 4) is 0 Å². The summed E-state index contributed by atoms with van der Waals surface area (Å²) in [5, 5.41) is 19.3. The van der Waals surface area contributed by atoms with E-state index in [0.29, 0.717) is 11.3 Å². The minimum atomic E-state index is -1.37. The summed E-state index contributed by atoms with van der Waals surface area (Å²) in [5.41, 5.74) is 6.62. The third kappa shape index (κ3) is 1.38. The van der Waals surface area contributed by atoms with Crippen molar-refractivity contribution >= 4 is 23.3 Å². The highest BCUT2D eigenvalue weighted by molar-refractivity contribution is 8.02. The number of rotatable bonds is 1. The third-order valence-electron chi connectivity index (χ3n) is 2.07. The van der Waals surface area contributed by atoms with E-state index in [4.69, 9.17) is 11.1 Å². The van der Waals surface area contributed by atoms with Gasteiger partial charge < -0.3 is 4.72 Å². The number of nitrogens with zero attached hydrogens (tertiary/aromatic N) is 3. The van der Waals surface area contributed by atoms with Gasteiger partial charge in [0.25, 0.3) is 5.69 Å². The molecule has 0 saturated carbocycles. The maximum Gasteiger partial charge on any atom is 0.468 e. The van der Waals surface area contributed by atoms with Crippen LogP contribution in [0.15, 0.2) is 18.2 Å². The van der Waals surface area contributed by atoms with Gasteiger partial charge in [-0.2, -0.15) is 0 Å². The third-order valence-corrected chi connectivity index (χ3v) is 3.00. The van der Waals surface area contributed by atoms with Gasteiger partial charge in [-0.05, 0) is 6.07 Å². The van der Waals surface area contributed by atoms with Crippen molar-refractivity contribution in [2.24, 2.45) is 5.73 Å². The maximum atomic E-state index is 10.5. The molecule has 0 radical (unpaired) electrons. The largest absolute Gasteiger partial charge is 0.468 e. The number of anilines is 1. The molecule has 1 unspecified atom stereocenters. The monoisotopic (exact) mass is 224 g/mol. The van der Waals surface area contributed by atoms with Gasteiger partial charge in [0.1, 0.15) is 5.56 Å². The highest BCUT2D eigenvalue weighted by Crippen LogP contribution is 2.45. The predicted molar refractivity (Wildman–Crippen MR) is 55.3 cm³/mol. The number of hydrogen-bond acceptors (Lipinski definition) is 6. The van der Waals surface area contributed by atoms with Crippen LogP contribution in [0.4, 0.5) is 11.4 Å². The van der Waals surface area contributed by atoms with Gasteiger partial charge in [-0.3, -0.25) is 10.1 Å². The molecule has 15 heavy (non-hydrogen) atoms. The Balaban J connectivity index is 2.57. The minimum Gasteiger partial charge on any atom is -0.321 e. The number of nitrogens with one attached hydrogen (secondary N) is 1. The van der Waals surface area contributed by atoms with Gasteiger partial charge in [-0.25, -0.2) is 5.73 Å². The van der Waals surface area contributed by atoms with Crippen molar-refractivity contribution < 1.29 is 4.92 Å². The Morgan fingerprint density at radius 3 is 3.00 bits per heavy atom. The van der Waals surface area contributed by atoms with Crippen molar-refractivity contribution in [2.75, 3.05) is 4.72 Å². The van der Waals surface area contributed by atoms with Crippen molar-refractivity contribution in [1.82, 2.24) is 0 Å². The van der Waals surface area contributed by atoms with E-state index in [1.54, 1.807) is 0 Å². The van der Waals surface area contributed by atoms with Gasteiger partial charge in [0, 0.05) is 12.1 Å². The maximum absolute atomic E-state index is 10.5. The summed E-state index contributed by atoms with van der Waals surface area (Å²) < 4.78 is 2.82. The average Bonchev–Trinajstić information content (AvgIpc) is 2.57. The van der Waals surface area contributed by atoms with Gasteiger partial charge in [-0.15, -0.1) is 0 Å². The van der Waals surface area contributed by atoms with E-state index in [-0.39, 0.29) is 5.69 Å². The Bertz CT molecular complexity index is 485. The zero-order chi connectivity index (χ0) is 11.1. The van der Waals surface area contributed by atoms with Gasteiger partial charge in [0.2, 0.25) is 5.39 Å². The van der Waals surface area contributed by atoms with Crippen LogP contribution in [-0.4, -0.2) is 4.92 Å². The summed E-state index contributed by atoms with van der Waals surface area (Å²) in [6.07, 6.45) is 0. The van der Waals surface area contributed by atoms with Crippen LogP contribution < -0.4 is 10.5 Å². The van der Waals surface area contributed by atoms with Gasteiger partial charge in [0.15, 0.2) is 4.98 Å². The van der Waals surface area contributed by atoms with Gasteiger partial charge in [0.05, 0.1) is 22.6 Å². The van der Waals surface area contributed by atoms with E-state index < -0.39 is 9.92 Å². The van der Waals surface area contributed by atoms with Crippen molar-refractivity contribution in [1.29, 1.82) is 5.39 Å². The summed E-state index contributed by atoms with van der Waals surface area (Å²) >= 11 is 0.982. The molecule has 1 aliphatic rings. The molecule has 0 saturated heterocycles. The number of hydrogen-bond donors (Lipinski definition) is 2. The Kier molecular flexibility index (Phi) is 1.99. The summed E-state index contributed by atoms with van der Waals surface area (Å²) in [5.74, 6) is 0. The minimum absolute atomic E-state index is 0.0866. The van der Waals surface area contributed by atoms with E-state index >= 15 is 0 Å². The quantitative estimate of drug-likeness (QED) is 0.324. The van der Waals surface area contributed by atoms with Crippen LogP contribution in [-0.2, 0) is 4.99 Å². The lowest BCUT2D eigenvalue weighted by molar-refractivity contribution is -0.384. The second-order valence-corrected chi connectivity index (χ2v) is 4.02. The predicted octanol–water partition coefficient (Wildman–Crippen LogP) is 1.59. The molecule has 1 heterocycles. The number of non-ortho nitro benzene ring substituents is 1. The molecular formula is C7H6N5O2S+.